The maximum absolute atomic E-state index is 3.73. The van der Waals surface area contributed by atoms with Crippen LogP contribution < -0.4 is 0 Å². The maximum atomic E-state index is 3.73. The van der Waals surface area contributed by atoms with Gasteiger partial charge in [0.25, 0.3) is 0 Å². The average Bonchev–Trinajstić information content (AvgIpc) is 2.07. The monoisotopic (exact) mass is 146 g/mol. The van der Waals surface area contributed by atoms with Crippen molar-refractivity contribution in [1.29, 1.82) is 0 Å². The van der Waals surface area contributed by atoms with Crippen molar-refractivity contribution in [2.75, 3.05) is 0 Å². The fourth-order valence-electron chi connectivity index (χ4n) is 1.17. The van der Waals surface area contributed by atoms with E-state index in [2.05, 4.69) is 37.8 Å². The van der Waals surface area contributed by atoms with Gasteiger partial charge in [-0.3, -0.25) is 0 Å². The molecule has 0 aromatic heterocycles. The molecule has 0 aliphatic rings. The van der Waals surface area contributed by atoms with Crippen molar-refractivity contribution in [2.45, 2.75) is 19.3 Å². The topological polar surface area (TPSA) is 0 Å². The Morgan fingerprint density at radius 2 is 2.00 bits per heavy atom. The van der Waals surface area contributed by atoms with Crippen LogP contribution in [0.5, 0.6) is 0 Å². The van der Waals surface area contributed by atoms with Crippen LogP contribution in [0.2, 0.25) is 0 Å². The summed E-state index contributed by atoms with van der Waals surface area (Å²) in [4.78, 5) is 0. The summed E-state index contributed by atoms with van der Waals surface area (Å²) in [5, 5.41) is 0. The van der Waals surface area contributed by atoms with Gasteiger partial charge in [-0.25, -0.2) is 0 Å². The van der Waals surface area contributed by atoms with Gasteiger partial charge in [-0.15, -0.1) is 6.58 Å². The van der Waals surface area contributed by atoms with E-state index in [1.165, 1.54) is 5.56 Å². The van der Waals surface area contributed by atoms with Crippen LogP contribution in [-0.4, -0.2) is 0 Å². The van der Waals surface area contributed by atoms with Crippen molar-refractivity contribution < 1.29 is 0 Å². The molecule has 0 saturated heterocycles. The van der Waals surface area contributed by atoms with E-state index in [1.54, 1.807) is 0 Å². The molecule has 0 spiro atoms. The van der Waals surface area contributed by atoms with Gasteiger partial charge in [-0.2, -0.15) is 0 Å². The quantitative estimate of drug-likeness (QED) is 0.573. The van der Waals surface area contributed by atoms with Crippen molar-refractivity contribution in [1.82, 2.24) is 0 Å². The molecule has 0 N–H and O–H groups in total. The number of allylic oxidation sites excluding steroid dienone is 1. The highest BCUT2D eigenvalue weighted by Crippen LogP contribution is 2.17. The van der Waals surface area contributed by atoms with Gasteiger partial charge in [-0.1, -0.05) is 43.3 Å². The van der Waals surface area contributed by atoms with Gasteiger partial charge in [-0.05, 0) is 17.9 Å². The predicted octanol–water partition coefficient (Wildman–Crippen LogP) is 3.37. The zero-order chi connectivity index (χ0) is 8.10. The highest BCUT2D eigenvalue weighted by atomic mass is 14.0. The van der Waals surface area contributed by atoms with Crippen LogP contribution in [0.4, 0.5) is 0 Å². The molecule has 0 fully saturated rings. The fraction of sp³-hybridized carbons (Fsp3) is 0.273. The van der Waals surface area contributed by atoms with Crippen molar-refractivity contribution in [3.05, 3.63) is 48.6 Å². The third kappa shape index (κ3) is 2.23. The zero-order valence-electron chi connectivity index (χ0n) is 6.96. The van der Waals surface area contributed by atoms with E-state index in [1.807, 2.05) is 12.1 Å². The molecule has 58 valence electrons. The summed E-state index contributed by atoms with van der Waals surface area (Å²) < 4.78 is 0. The lowest BCUT2D eigenvalue weighted by molar-refractivity contribution is 0.782. The van der Waals surface area contributed by atoms with Crippen molar-refractivity contribution in [3.8, 4) is 0 Å². The molecule has 0 heterocycles. The predicted molar refractivity (Wildman–Crippen MR) is 49.7 cm³/mol. The van der Waals surface area contributed by atoms with E-state index in [-0.39, 0.29) is 0 Å². The molecule has 0 bridgehead atoms. The molecule has 0 radical (unpaired) electrons. The Morgan fingerprint density at radius 3 is 2.55 bits per heavy atom. The van der Waals surface area contributed by atoms with Crippen LogP contribution in [0.1, 0.15) is 24.8 Å². The Balaban J connectivity index is 2.68. The van der Waals surface area contributed by atoms with E-state index in [9.17, 15) is 0 Å². The van der Waals surface area contributed by atoms with Crippen LogP contribution >= 0.6 is 0 Å². The molecular weight excluding hydrogens is 132 g/mol. The van der Waals surface area contributed by atoms with E-state index >= 15 is 0 Å². The summed E-state index contributed by atoms with van der Waals surface area (Å²) in [6, 6.07) is 10.5. The fourth-order valence-corrected chi connectivity index (χ4v) is 1.17. The van der Waals surface area contributed by atoms with Crippen LogP contribution in [-0.2, 0) is 0 Å². The van der Waals surface area contributed by atoms with Crippen LogP contribution in [0.25, 0.3) is 0 Å². The Morgan fingerprint density at radius 1 is 1.36 bits per heavy atom. The highest BCUT2D eigenvalue weighted by Gasteiger charge is 2.00. The summed E-state index contributed by atoms with van der Waals surface area (Å²) in [6.07, 6.45) is 3.03. The van der Waals surface area contributed by atoms with Gasteiger partial charge >= 0.3 is 0 Å². The molecule has 11 heavy (non-hydrogen) atoms. The molecule has 0 amide bonds. The molecule has 1 rings (SSSR count). The summed E-state index contributed by atoms with van der Waals surface area (Å²) >= 11 is 0. The maximum Gasteiger partial charge on any atom is -0.0156 e. The Hall–Kier alpha value is -1.04. The smallest absolute Gasteiger partial charge is 0.0156 e. The van der Waals surface area contributed by atoms with Crippen molar-refractivity contribution in [2.24, 2.45) is 0 Å². The lowest BCUT2D eigenvalue weighted by Crippen LogP contribution is -1.89. The van der Waals surface area contributed by atoms with Crippen LogP contribution in [0.15, 0.2) is 43.0 Å². The largest absolute Gasteiger partial charge is 0.103 e. The number of benzene rings is 1. The molecule has 0 heteroatoms. The van der Waals surface area contributed by atoms with E-state index < -0.39 is 0 Å². The number of hydrogen-bond donors (Lipinski definition) is 0. The first-order valence-electron chi connectivity index (χ1n) is 4.00. The van der Waals surface area contributed by atoms with Gasteiger partial charge in [0, 0.05) is 0 Å². The van der Waals surface area contributed by atoms with E-state index in [0.717, 1.165) is 6.42 Å². The molecule has 0 unspecified atom stereocenters. The van der Waals surface area contributed by atoms with E-state index in [0.29, 0.717) is 5.92 Å². The van der Waals surface area contributed by atoms with Crippen molar-refractivity contribution >= 4 is 0 Å². The number of rotatable bonds is 3. The SMILES string of the molecule is C=CC[C@@H](C)c1ccccc1. The average molecular weight is 146 g/mol. The zero-order valence-corrected chi connectivity index (χ0v) is 6.96. The molecular formula is C11H14. The minimum absolute atomic E-state index is 0.605. The van der Waals surface area contributed by atoms with Gasteiger partial charge in [0.2, 0.25) is 0 Å². The first-order chi connectivity index (χ1) is 5.34. The van der Waals surface area contributed by atoms with Gasteiger partial charge in [0.1, 0.15) is 0 Å². The molecule has 1 aromatic rings. The Bertz CT molecular complexity index is 211. The van der Waals surface area contributed by atoms with Crippen LogP contribution in [0, 0.1) is 0 Å². The summed E-state index contributed by atoms with van der Waals surface area (Å²) in [5.41, 5.74) is 1.40. The lowest BCUT2D eigenvalue weighted by Gasteiger charge is -2.07. The summed E-state index contributed by atoms with van der Waals surface area (Å²) in [7, 11) is 0. The summed E-state index contributed by atoms with van der Waals surface area (Å²) in [6.45, 7) is 5.95. The molecule has 0 aliphatic carbocycles. The van der Waals surface area contributed by atoms with Gasteiger partial charge in [0.15, 0.2) is 0 Å². The normalized spacial score (nSPS) is 12.5. The first-order valence-corrected chi connectivity index (χ1v) is 4.00. The minimum Gasteiger partial charge on any atom is -0.103 e. The lowest BCUT2D eigenvalue weighted by atomic mass is 9.98. The summed E-state index contributed by atoms with van der Waals surface area (Å²) in [5.74, 6) is 0.605. The number of hydrogen-bond acceptors (Lipinski definition) is 0. The Kier molecular flexibility index (Phi) is 2.91. The first kappa shape index (κ1) is 8.06. The minimum atomic E-state index is 0.605. The molecule has 1 aromatic carbocycles. The van der Waals surface area contributed by atoms with Gasteiger partial charge in [0.05, 0.1) is 0 Å². The highest BCUT2D eigenvalue weighted by molar-refractivity contribution is 5.19. The second-order valence-electron chi connectivity index (χ2n) is 2.84. The van der Waals surface area contributed by atoms with Crippen molar-refractivity contribution in [3.63, 3.8) is 0 Å². The van der Waals surface area contributed by atoms with Gasteiger partial charge < -0.3 is 0 Å². The molecule has 1 atom stereocenters. The third-order valence-corrected chi connectivity index (χ3v) is 1.89. The molecule has 0 aliphatic heterocycles. The molecule has 0 nitrogen and oxygen atoms in total. The standard InChI is InChI=1S/C11H14/c1-3-7-10(2)11-8-5-4-6-9-11/h3-6,8-10H,1,7H2,2H3/t10-/m1/s1. The Labute approximate surface area is 68.6 Å². The second-order valence-corrected chi connectivity index (χ2v) is 2.84. The second kappa shape index (κ2) is 3.97. The third-order valence-electron chi connectivity index (χ3n) is 1.89. The van der Waals surface area contributed by atoms with Crippen LogP contribution in [0.3, 0.4) is 0 Å². The molecule has 0 saturated carbocycles. The van der Waals surface area contributed by atoms with E-state index in [4.69, 9.17) is 0 Å².